The minimum atomic E-state index is -0.463. The number of esters is 1. The molecule has 0 spiro atoms. The maximum atomic E-state index is 11.5. The van der Waals surface area contributed by atoms with Gasteiger partial charge in [0.15, 0.2) is 0 Å². The third-order valence-corrected chi connectivity index (χ3v) is 5.14. The number of methoxy groups -OCH3 is 1. The molecule has 0 amide bonds. The van der Waals surface area contributed by atoms with E-state index in [9.17, 15) is 4.79 Å². The predicted molar refractivity (Wildman–Crippen MR) is 114 cm³/mol. The molecule has 4 heteroatoms. The molecule has 156 valence electrons. The van der Waals surface area contributed by atoms with Crippen molar-refractivity contribution in [1.82, 2.24) is 0 Å². The maximum absolute atomic E-state index is 11.5. The van der Waals surface area contributed by atoms with Crippen LogP contribution >= 0.6 is 0 Å². The van der Waals surface area contributed by atoms with Crippen LogP contribution in [-0.4, -0.2) is 19.7 Å². The van der Waals surface area contributed by atoms with E-state index in [2.05, 4.69) is 11.7 Å². The molecule has 0 N–H and O–H groups in total. The van der Waals surface area contributed by atoms with Crippen LogP contribution in [0, 0.1) is 0 Å². The van der Waals surface area contributed by atoms with Crippen LogP contribution in [0.25, 0.3) is 11.0 Å². The molecule has 0 radical (unpaired) electrons. The number of ether oxygens (including phenoxy) is 2. The first-order valence-corrected chi connectivity index (χ1v) is 11.0. The minimum Gasteiger partial charge on any atom is -0.493 e. The van der Waals surface area contributed by atoms with Gasteiger partial charge in [0.05, 0.1) is 13.7 Å². The van der Waals surface area contributed by atoms with Crippen molar-refractivity contribution in [3.63, 3.8) is 0 Å². The molecule has 0 aliphatic carbocycles. The third kappa shape index (κ3) is 7.95. The Morgan fingerprint density at radius 2 is 1.46 bits per heavy atom. The summed E-state index contributed by atoms with van der Waals surface area (Å²) >= 11 is 0. The molecule has 0 atom stereocenters. The number of benzene rings is 1. The largest absolute Gasteiger partial charge is 0.493 e. The molecular weight excluding hydrogens is 352 g/mol. The predicted octanol–water partition coefficient (Wildman–Crippen LogP) is 7.30. The highest BCUT2D eigenvalue weighted by molar-refractivity contribution is 5.92. The van der Waals surface area contributed by atoms with Gasteiger partial charge in [0.25, 0.3) is 0 Å². The molecule has 4 nitrogen and oxygen atoms in total. The number of rotatable bonds is 15. The van der Waals surface area contributed by atoms with Gasteiger partial charge in [-0.25, -0.2) is 4.79 Å². The van der Waals surface area contributed by atoms with Crippen LogP contribution in [0.4, 0.5) is 0 Å². The van der Waals surface area contributed by atoms with E-state index in [-0.39, 0.29) is 5.76 Å². The molecule has 0 saturated heterocycles. The van der Waals surface area contributed by atoms with E-state index in [0.717, 1.165) is 17.6 Å². The Balaban J connectivity index is 1.52. The number of carbonyl (C=O) groups excluding carboxylic acids is 1. The summed E-state index contributed by atoms with van der Waals surface area (Å²) in [6.07, 6.45) is 16.0. The molecule has 2 aromatic rings. The molecule has 2 rings (SSSR count). The topological polar surface area (TPSA) is 48.7 Å². The Kier molecular flexibility index (Phi) is 10.6. The highest BCUT2D eigenvalue weighted by Crippen LogP contribution is 2.25. The lowest BCUT2D eigenvalue weighted by Gasteiger charge is -2.06. The molecule has 1 aromatic carbocycles. The van der Waals surface area contributed by atoms with E-state index < -0.39 is 5.97 Å². The number of hydrogen-bond acceptors (Lipinski definition) is 4. The van der Waals surface area contributed by atoms with Crippen LogP contribution in [0.1, 0.15) is 94.5 Å². The smallest absolute Gasteiger partial charge is 0.373 e. The van der Waals surface area contributed by atoms with E-state index in [0.29, 0.717) is 12.2 Å². The van der Waals surface area contributed by atoms with E-state index in [4.69, 9.17) is 9.15 Å². The Morgan fingerprint density at radius 1 is 0.857 bits per heavy atom. The highest BCUT2D eigenvalue weighted by atomic mass is 16.5. The van der Waals surface area contributed by atoms with Gasteiger partial charge in [0, 0.05) is 11.5 Å². The van der Waals surface area contributed by atoms with E-state index in [1.54, 1.807) is 6.07 Å². The van der Waals surface area contributed by atoms with Crippen LogP contribution in [0.5, 0.6) is 5.75 Å². The standard InChI is InChI=1S/C24H36O4/c1-3-4-5-6-7-8-9-10-11-12-13-14-17-27-21-16-15-20-18-23(24(25)26-2)28-22(20)19-21/h15-16,18-19H,3-14,17H2,1-2H3. The van der Waals surface area contributed by atoms with Crippen LogP contribution in [-0.2, 0) is 4.74 Å². The second-order valence-corrected chi connectivity index (χ2v) is 7.54. The first-order chi connectivity index (χ1) is 13.7. The maximum Gasteiger partial charge on any atom is 0.373 e. The summed E-state index contributed by atoms with van der Waals surface area (Å²) in [5.74, 6) is 0.534. The van der Waals surface area contributed by atoms with Crippen molar-refractivity contribution in [3.8, 4) is 5.75 Å². The Bertz CT molecular complexity index is 689. The van der Waals surface area contributed by atoms with Crippen molar-refractivity contribution < 1.29 is 18.7 Å². The van der Waals surface area contributed by atoms with E-state index >= 15 is 0 Å². The van der Waals surface area contributed by atoms with Crippen molar-refractivity contribution in [3.05, 3.63) is 30.0 Å². The zero-order chi connectivity index (χ0) is 20.0. The van der Waals surface area contributed by atoms with Gasteiger partial charge >= 0.3 is 5.97 Å². The van der Waals surface area contributed by atoms with Crippen molar-refractivity contribution in [2.75, 3.05) is 13.7 Å². The average Bonchev–Trinajstić information content (AvgIpc) is 3.14. The molecule has 0 fully saturated rings. The van der Waals surface area contributed by atoms with Crippen LogP contribution in [0.2, 0.25) is 0 Å². The van der Waals surface area contributed by atoms with Crippen LogP contribution in [0.3, 0.4) is 0 Å². The monoisotopic (exact) mass is 388 g/mol. The molecule has 0 saturated carbocycles. The normalized spacial score (nSPS) is 11.1. The number of carbonyl (C=O) groups is 1. The summed E-state index contributed by atoms with van der Waals surface area (Å²) in [5.41, 5.74) is 0.646. The molecule has 1 heterocycles. The second kappa shape index (κ2) is 13.2. The van der Waals surface area contributed by atoms with Crippen molar-refractivity contribution in [1.29, 1.82) is 0 Å². The first kappa shape index (κ1) is 22.3. The zero-order valence-electron chi connectivity index (χ0n) is 17.6. The Labute approximate surface area is 169 Å². The summed E-state index contributed by atoms with van der Waals surface area (Å²) in [4.78, 5) is 11.5. The lowest BCUT2D eigenvalue weighted by Crippen LogP contribution is -1.97. The van der Waals surface area contributed by atoms with Gasteiger partial charge in [0.1, 0.15) is 11.3 Å². The molecule has 0 aliphatic rings. The van der Waals surface area contributed by atoms with Gasteiger partial charge in [-0.1, -0.05) is 77.6 Å². The number of furan rings is 1. The number of hydrogen-bond donors (Lipinski definition) is 0. The summed E-state index contributed by atoms with van der Waals surface area (Å²) in [5, 5.41) is 0.873. The lowest BCUT2D eigenvalue weighted by molar-refractivity contribution is 0.0567. The minimum absolute atomic E-state index is 0.218. The second-order valence-electron chi connectivity index (χ2n) is 7.54. The van der Waals surface area contributed by atoms with Gasteiger partial charge in [0.2, 0.25) is 5.76 Å². The van der Waals surface area contributed by atoms with Crippen LogP contribution < -0.4 is 4.74 Å². The molecule has 28 heavy (non-hydrogen) atoms. The van der Waals surface area contributed by atoms with Gasteiger partial charge in [-0.2, -0.15) is 0 Å². The van der Waals surface area contributed by atoms with E-state index in [1.165, 1.54) is 77.7 Å². The van der Waals surface area contributed by atoms with Gasteiger partial charge in [-0.05, 0) is 24.6 Å². The SMILES string of the molecule is CCCCCCCCCCCCCCOc1ccc2cc(C(=O)OC)oc2c1. The highest BCUT2D eigenvalue weighted by Gasteiger charge is 2.12. The van der Waals surface area contributed by atoms with E-state index in [1.807, 2.05) is 18.2 Å². The third-order valence-electron chi connectivity index (χ3n) is 5.14. The molecule has 0 bridgehead atoms. The number of fused-ring (bicyclic) bond motifs is 1. The lowest BCUT2D eigenvalue weighted by atomic mass is 10.1. The molecule has 0 unspecified atom stereocenters. The fraction of sp³-hybridized carbons (Fsp3) is 0.625. The molecule has 0 aliphatic heterocycles. The summed E-state index contributed by atoms with van der Waals surface area (Å²) in [6, 6.07) is 7.35. The molecule has 1 aromatic heterocycles. The zero-order valence-corrected chi connectivity index (χ0v) is 17.6. The average molecular weight is 389 g/mol. The van der Waals surface area contributed by atoms with Gasteiger partial charge < -0.3 is 13.9 Å². The summed E-state index contributed by atoms with van der Waals surface area (Å²) in [7, 11) is 1.35. The van der Waals surface area contributed by atoms with Crippen LogP contribution in [0.15, 0.2) is 28.7 Å². The number of unbranched alkanes of at least 4 members (excludes halogenated alkanes) is 11. The van der Waals surface area contributed by atoms with Gasteiger partial charge in [-0.15, -0.1) is 0 Å². The van der Waals surface area contributed by atoms with Gasteiger partial charge in [-0.3, -0.25) is 0 Å². The summed E-state index contributed by atoms with van der Waals surface area (Å²) in [6.45, 7) is 2.98. The molecular formula is C24H36O4. The Morgan fingerprint density at radius 3 is 2.07 bits per heavy atom. The van der Waals surface area contributed by atoms with Crippen molar-refractivity contribution in [2.24, 2.45) is 0 Å². The summed E-state index contributed by atoms with van der Waals surface area (Å²) < 4.78 is 16.0. The fourth-order valence-corrected chi connectivity index (χ4v) is 3.44. The fourth-order valence-electron chi connectivity index (χ4n) is 3.44. The first-order valence-electron chi connectivity index (χ1n) is 11.0. The quantitative estimate of drug-likeness (QED) is 0.237. The Hall–Kier alpha value is -1.97. The van der Waals surface area contributed by atoms with Crippen molar-refractivity contribution >= 4 is 16.9 Å². The van der Waals surface area contributed by atoms with Crippen molar-refractivity contribution in [2.45, 2.75) is 84.0 Å².